The van der Waals surface area contributed by atoms with E-state index in [1.54, 1.807) is 0 Å². The van der Waals surface area contributed by atoms with Crippen LogP contribution in [-0.4, -0.2) is 33.7 Å². The molecule has 0 bridgehead atoms. The molecule has 8 nitrogen and oxygen atoms in total. The lowest BCUT2D eigenvalue weighted by molar-refractivity contribution is 0.0695. The van der Waals surface area contributed by atoms with Crippen LogP contribution in [0.15, 0.2) is 16.9 Å². The molecule has 0 radical (unpaired) electrons. The monoisotopic (exact) mass is 396 g/mol. The first-order valence-corrected chi connectivity index (χ1v) is 8.33. The van der Waals surface area contributed by atoms with Crippen molar-refractivity contribution in [3.8, 4) is 16.9 Å². The van der Waals surface area contributed by atoms with Gasteiger partial charge in [0.1, 0.15) is 22.8 Å². The smallest absolute Gasteiger partial charge is 0.342 e. The van der Waals surface area contributed by atoms with E-state index in [9.17, 15) is 33.4 Å². The fourth-order valence-corrected chi connectivity index (χ4v) is 2.74. The Morgan fingerprint density at radius 1 is 1.14 bits per heavy atom. The first kappa shape index (κ1) is 20.9. The Morgan fingerprint density at radius 3 is 2.36 bits per heavy atom. The van der Waals surface area contributed by atoms with Gasteiger partial charge in [-0.3, -0.25) is 4.79 Å². The van der Waals surface area contributed by atoms with Gasteiger partial charge < -0.3 is 25.7 Å². The van der Waals surface area contributed by atoms with Crippen molar-refractivity contribution in [1.82, 2.24) is 4.98 Å². The molecule has 0 atom stereocenters. The Labute approximate surface area is 157 Å². The Morgan fingerprint density at radius 2 is 1.79 bits per heavy atom. The van der Waals surface area contributed by atoms with Gasteiger partial charge in [-0.1, -0.05) is 19.8 Å². The van der Waals surface area contributed by atoms with Crippen LogP contribution in [-0.2, 0) is 0 Å². The number of unbranched alkanes of at least 4 members (excludes halogenated alkanes) is 2. The number of aromatic carboxylic acids is 2. The first-order valence-electron chi connectivity index (χ1n) is 8.33. The van der Waals surface area contributed by atoms with E-state index in [2.05, 4.69) is 0 Å². The molecule has 0 aliphatic rings. The maximum absolute atomic E-state index is 14.4. The molecule has 150 valence electrons. The number of anilines is 1. The SMILES string of the molecule is CCCCCOc1c(F)cc(F)cc1-c1c(C(=O)O)c(N)[nH]c(=O)c1C(=O)O. The van der Waals surface area contributed by atoms with Crippen LogP contribution in [0.3, 0.4) is 0 Å². The van der Waals surface area contributed by atoms with Gasteiger partial charge in [0.15, 0.2) is 11.6 Å². The summed E-state index contributed by atoms with van der Waals surface area (Å²) in [6, 6.07) is 1.21. The highest BCUT2D eigenvalue weighted by atomic mass is 19.1. The molecule has 2 rings (SSSR count). The number of nitrogens with two attached hydrogens (primary N) is 1. The van der Waals surface area contributed by atoms with Gasteiger partial charge in [-0.25, -0.2) is 18.4 Å². The molecule has 0 aliphatic heterocycles. The number of pyridine rings is 1. The standard InChI is InChI=1S/C18H18F2N2O6/c1-2-3-4-5-28-14-9(6-8(19)7-10(14)20)11-12(17(24)25)15(21)22-16(23)13(11)18(26)27/h6-7H,2-5H2,1H3,(H,24,25)(H,26,27)(H3,21,22,23). The fraction of sp³-hybridized carbons (Fsp3) is 0.278. The molecule has 0 amide bonds. The van der Waals surface area contributed by atoms with Gasteiger partial charge in [0.2, 0.25) is 0 Å². The molecule has 0 fully saturated rings. The average Bonchev–Trinajstić information content (AvgIpc) is 2.58. The quantitative estimate of drug-likeness (QED) is 0.502. The summed E-state index contributed by atoms with van der Waals surface area (Å²) >= 11 is 0. The zero-order chi connectivity index (χ0) is 21.0. The van der Waals surface area contributed by atoms with Crippen LogP contribution in [0.2, 0.25) is 0 Å². The number of aromatic nitrogens is 1. The van der Waals surface area contributed by atoms with Crippen molar-refractivity contribution in [2.75, 3.05) is 12.3 Å². The van der Waals surface area contributed by atoms with Crippen LogP contribution in [0.4, 0.5) is 14.6 Å². The second kappa shape index (κ2) is 8.51. The van der Waals surface area contributed by atoms with Crippen LogP contribution in [0.5, 0.6) is 5.75 Å². The molecule has 1 heterocycles. The number of hydrogen-bond acceptors (Lipinski definition) is 5. The highest BCUT2D eigenvalue weighted by Crippen LogP contribution is 2.38. The van der Waals surface area contributed by atoms with Crippen LogP contribution < -0.4 is 16.0 Å². The number of hydrogen-bond donors (Lipinski definition) is 4. The number of benzene rings is 1. The summed E-state index contributed by atoms with van der Waals surface area (Å²) in [6.45, 7) is 1.95. The van der Waals surface area contributed by atoms with Crippen LogP contribution >= 0.6 is 0 Å². The van der Waals surface area contributed by atoms with Crippen molar-refractivity contribution in [1.29, 1.82) is 0 Å². The van der Waals surface area contributed by atoms with E-state index in [4.69, 9.17) is 10.5 Å². The number of carboxylic acids is 2. The third kappa shape index (κ3) is 4.11. The van der Waals surface area contributed by atoms with Crippen molar-refractivity contribution in [2.45, 2.75) is 26.2 Å². The lowest BCUT2D eigenvalue weighted by Gasteiger charge is -2.17. The minimum atomic E-state index is -1.79. The maximum atomic E-state index is 14.4. The van der Waals surface area contributed by atoms with E-state index in [0.29, 0.717) is 18.6 Å². The Kier molecular flexibility index (Phi) is 6.34. The summed E-state index contributed by atoms with van der Waals surface area (Å²) in [7, 11) is 0. The van der Waals surface area contributed by atoms with Crippen molar-refractivity contribution in [3.63, 3.8) is 0 Å². The number of carbonyl (C=O) groups is 2. The molecule has 0 aliphatic carbocycles. The molecule has 1 aromatic carbocycles. The third-order valence-corrected chi connectivity index (χ3v) is 3.94. The van der Waals surface area contributed by atoms with Gasteiger partial charge in [0, 0.05) is 17.2 Å². The second-order valence-electron chi connectivity index (χ2n) is 5.92. The zero-order valence-electron chi connectivity index (χ0n) is 14.8. The number of nitrogen functional groups attached to an aromatic ring is 1. The molecule has 2 aromatic rings. The van der Waals surface area contributed by atoms with E-state index >= 15 is 0 Å². The van der Waals surface area contributed by atoms with Gasteiger partial charge in [0.25, 0.3) is 5.56 Å². The Hall–Kier alpha value is -3.43. The number of rotatable bonds is 8. The largest absolute Gasteiger partial charge is 0.490 e. The number of aromatic amines is 1. The van der Waals surface area contributed by atoms with Gasteiger partial charge in [-0.05, 0) is 12.5 Å². The molecule has 28 heavy (non-hydrogen) atoms. The summed E-state index contributed by atoms with van der Waals surface area (Å²) < 4.78 is 33.6. The van der Waals surface area contributed by atoms with Crippen LogP contribution in [0.1, 0.15) is 46.9 Å². The minimum Gasteiger partial charge on any atom is -0.490 e. The van der Waals surface area contributed by atoms with Crippen LogP contribution in [0.25, 0.3) is 11.1 Å². The highest BCUT2D eigenvalue weighted by molar-refractivity contribution is 6.08. The maximum Gasteiger partial charge on any atom is 0.342 e. The fourth-order valence-electron chi connectivity index (χ4n) is 2.74. The molecule has 10 heteroatoms. The molecule has 0 saturated heterocycles. The van der Waals surface area contributed by atoms with Crippen molar-refractivity contribution < 1.29 is 33.3 Å². The van der Waals surface area contributed by atoms with Gasteiger partial charge in [0.05, 0.1) is 6.61 Å². The van der Waals surface area contributed by atoms with Crippen molar-refractivity contribution in [3.05, 3.63) is 45.2 Å². The Bertz CT molecular complexity index is 987. The van der Waals surface area contributed by atoms with E-state index in [-0.39, 0.29) is 6.61 Å². The number of ether oxygens (including phenoxy) is 1. The normalized spacial score (nSPS) is 10.7. The lowest BCUT2D eigenvalue weighted by Crippen LogP contribution is -2.24. The third-order valence-electron chi connectivity index (χ3n) is 3.94. The topological polar surface area (TPSA) is 143 Å². The van der Waals surface area contributed by atoms with Crippen molar-refractivity contribution >= 4 is 17.8 Å². The Balaban J connectivity index is 2.85. The van der Waals surface area contributed by atoms with Crippen molar-refractivity contribution in [2.24, 2.45) is 0 Å². The molecule has 0 spiro atoms. The number of carboxylic acid groups (broad SMARTS) is 2. The number of halogens is 2. The predicted octanol–water partition coefficient (Wildman–Crippen LogP) is 2.87. The average molecular weight is 396 g/mol. The summed E-state index contributed by atoms with van der Waals surface area (Å²) in [4.78, 5) is 37.3. The minimum absolute atomic E-state index is 0.0207. The van der Waals surface area contributed by atoms with E-state index in [1.165, 1.54) is 0 Å². The van der Waals surface area contributed by atoms with Crippen LogP contribution in [0, 0.1) is 11.6 Å². The number of nitrogens with one attached hydrogen (secondary N) is 1. The predicted molar refractivity (Wildman–Crippen MR) is 95.8 cm³/mol. The molecule has 5 N–H and O–H groups in total. The lowest BCUT2D eigenvalue weighted by atomic mass is 9.94. The summed E-state index contributed by atoms with van der Waals surface area (Å²) in [5, 5.41) is 18.9. The van der Waals surface area contributed by atoms with E-state index in [0.717, 1.165) is 12.8 Å². The van der Waals surface area contributed by atoms with Gasteiger partial charge in [-0.15, -0.1) is 0 Å². The summed E-state index contributed by atoms with van der Waals surface area (Å²) in [5.74, 6) is -6.97. The molecule has 0 unspecified atom stereocenters. The first-order chi connectivity index (χ1) is 13.2. The van der Waals surface area contributed by atoms with E-state index < -0.39 is 63.0 Å². The van der Waals surface area contributed by atoms with Gasteiger partial charge >= 0.3 is 11.9 Å². The highest BCUT2D eigenvalue weighted by Gasteiger charge is 2.30. The van der Waals surface area contributed by atoms with Gasteiger partial charge in [-0.2, -0.15) is 0 Å². The molecule has 0 saturated carbocycles. The summed E-state index contributed by atoms with van der Waals surface area (Å²) in [6.07, 6.45) is 2.14. The second-order valence-corrected chi connectivity index (χ2v) is 5.92. The summed E-state index contributed by atoms with van der Waals surface area (Å²) in [5.41, 5.74) is 1.24. The zero-order valence-corrected chi connectivity index (χ0v) is 14.8. The molecular weight excluding hydrogens is 378 g/mol. The molecular formula is C18H18F2N2O6. The number of H-pyrrole nitrogens is 1. The molecule has 1 aromatic heterocycles. The van der Waals surface area contributed by atoms with E-state index in [1.807, 2.05) is 11.9 Å².